The van der Waals surface area contributed by atoms with E-state index in [0.717, 1.165) is 38.5 Å². The number of carbonyl (C=O) groups excluding carboxylic acids is 1. The molecule has 1 unspecified atom stereocenters. The van der Waals surface area contributed by atoms with Gasteiger partial charge in [-0.3, -0.25) is 4.79 Å². The van der Waals surface area contributed by atoms with E-state index in [9.17, 15) is 4.79 Å². The van der Waals surface area contributed by atoms with E-state index in [1.54, 1.807) is 0 Å². The predicted octanol–water partition coefficient (Wildman–Crippen LogP) is 3.38. The first-order valence-electron chi connectivity index (χ1n) is 7.81. The second-order valence-corrected chi connectivity index (χ2v) is 5.86. The van der Waals surface area contributed by atoms with Gasteiger partial charge in [-0.15, -0.1) is 12.4 Å². The van der Waals surface area contributed by atoms with Crippen LogP contribution in [0.4, 0.5) is 0 Å². The standard InChI is InChI=1S/C17H26N2O.ClH/c1-2-6-16(18)17(20)19-15-11-9-14(10-12-15)13-7-4-3-5-8-13;/h3-5,7-8,14-16H,2,6,9-12,18H2,1H3,(H,19,20);1H. The van der Waals surface area contributed by atoms with Gasteiger partial charge in [0, 0.05) is 6.04 Å². The van der Waals surface area contributed by atoms with Crippen molar-refractivity contribution in [2.45, 2.75) is 63.5 Å². The number of halogens is 1. The number of nitrogens with one attached hydrogen (secondary N) is 1. The third-order valence-corrected chi connectivity index (χ3v) is 4.28. The number of benzene rings is 1. The lowest BCUT2D eigenvalue weighted by atomic mass is 9.81. The summed E-state index contributed by atoms with van der Waals surface area (Å²) in [6.45, 7) is 2.05. The maximum atomic E-state index is 11.9. The molecule has 0 saturated heterocycles. The Morgan fingerprint density at radius 3 is 2.43 bits per heavy atom. The second-order valence-electron chi connectivity index (χ2n) is 5.86. The molecule has 0 aliphatic heterocycles. The van der Waals surface area contributed by atoms with Crippen LogP contribution in [-0.2, 0) is 4.79 Å². The van der Waals surface area contributed by atoms with E-state index in [4.69, 9.17) is 5.73 Å². The van der Waals surface area contributed by atoms with Crippen molar-refractivity contribution in [2.24, 2.45) is 5.73 Å². The molecule has 0 aromatic heterocycles. The van der Waals surface area contributed by atoms with Crippen LogP contribution in [0, 0.1) is 0 Å². The normalized spacial score (nSPS) is 23.0. The minimum Gasteiger partial charge on any atom is -0.352 e. The van der Waals surface area contributed by atoms with Crippen molar-refractivity contribution in [2.75, 3.05) is 0 Å². The van der Waals surface area contributed by atoms with Crippen molar-refractivity contribution < 1.29 is 4.79 Å². The smallest absolute Gasteiger partial charge is 0.237 e. The first-order chi connectivity index (χ1) is 9.70. The Bertz CT molecular complexity index is 416. The first-order valence-corrected chi connectivity index (χ1v) is 7.81. The van der Waals surface area contributed by atoms with Gasteiger partial charge in [-0.2, -0.15) is 0 Å². The minimum atomic E-state index is -0.341. The maximum absolute atomic E-state index is 11.9. The Hall–Kier alpha value is -1.06. The second kappa shape index (κ2) is 9.06. The molecule has 0 heterocycles. The molecule has 1 aromatic rings. The zero-order valence-electron chi connectivity index (χ0n) is 12.8. The molecule has 4 heteroatoms. The topological polar surface area (TPSA) is 55.1 Å². The van der Waals surface area contributed by atoms with E-state index in [-0.39, 0.29) is 24.4 Å². The summed E-state index contributed by atoms with van der Waals surface area (Å²) in [5.74, 6) is 0.670. The first kappa shape index (κ1) is 18.0. The largest absolute Gasteiger partial charge is 0.352 e. The van der Waals surface area contributed by atoms with E-state index in [1.807, 2.05) is 0 Å². The molecule has 1 fully saturated rings. The molecule has 1 amide bonds. The van der Waals surface area contributed by atoms with Crippen molar-refractivity contribution in [3.63, 3.8) is 0 Å². The summed E-state index contributed by atoms with van der Waals surface area (Å²) in [7, 11) is 0. The van der Waals surface area contributed by atoms with Crippen molar-refractivity contribution in [3.8, 4) is 0 Å². The average molecular weight is 311 g/mol. The SMILES string of the molecule is CCCC(N)C(=O)NC1CCC(c2ccccc2)CC1.Cl. The summed E-state index contributed by atoms with van der Waals surface area (Å²) < 4.78 is 0. The third kappa shape index (κ3) is 5.33. The summed E-state index contributed by atoms with van der Waals surface area (Å²) in [5, 5.41) is 3.11. The van der Waals surface area contributed by atoms with Gasteiger partial charge in [-0.1, -0.05) is 43.7 Å². The highest BCUT2D eigenvalue weighted by Gasteiger charge is 2.24. The molecular weight excluding hydrogens is 284 g/mol. The minimum absolute atomic E-state index is 0. The highest BCUT2D eigenvalue weighted by atomic mass is 35.5. The molecule has 1 saturated carbocycles. The van der Waals surface area contributed by atoms with Crippen LogP contribution in [0.25, 0.3) is 0 Å². The van der Waals surface area contributed by atoms with Crippen molar-refractivity contribution in [1.82, 2.24) is 5.32 Å². The number of nitrogens with two attached hydrogens (primary N) is 1. The fourth-order valence-electron chi connectivity index (χ4n) is 3.05. The number of rotatable bonds is 5. The molecule has 1 aliphatic carbocycles. The van der Waals surface area contributed by atoms with E-state index in [2.05, 4.69) is 42.6 Å². The summed E-state index contributed by atoms with van der Waals surface area (Å²) in [6.07, 6.45) is 6.14. The van der Waals surface area contributed by atoms with Crippen LogP contribution < -0.4 is 11.1 Å². The molecular formula is C17H27ClN2O. The van der Waals surface area contributed by atoms with Gasteiger partial charge >= 0.3 is 0 Å². The zero-order chi connectivity index (χ0) is 14.4. The van der Waals surface area contributed by atoms with Crippen LogP contribution in [0.2, 0.25) is 0 Å². The third-order valence-electron chi connectivity index (χ3n) is 4.28. The fourth-order valence-corrected chi connectivity index (χ4v) is 3.05. The molecule has 21 heavy (non-hydrogen) atoms. The summed E-state index contributed by atoms with van der Waals surface area (Å²) in [6, 6.07) is 10.7. The molecule has 118 valence electrons. The molecule has 3 N–H and O–H groups in total. The predicted molar refractivity (Wildman–Crippen MR) is 89.7 cm³/mol. The van der Waals surface area contributed by atoms with Gasteiger partial charge in [0.2, 0.25) is 5.91 Å². The Kier molecular flexibility index (Phi) is 7.76. The van der Waals surface area contributed by atoms with Gasteiger partial charge in [0.05, 0.1) is 6.04 Å². The van der Waals surface area contributed by atoms with E-state index >= 15 is 0 Å². The van der Waals surface area contributed by atoms with Crippen LogP contribution in [0.1, 0.15) is 56.9 Å². The van der Waals surface area contributed by atoms with Crippen LogP contribution in [0.5, 0.6) is 0 Å². The van der Waals surface area contributed by atoms with Crippen LogP contribution >= 0.6 is 12.4 Å². The highest BCUT2D eigenvalue weighted by molar-refractivity contribution is 5.85. The lowest BCUT2D eigenvalue weighted by Gasteiger charge is -2.30. The van der Waals surface area contributed by atoms with Gasteiger partial charge < -0.3 is 11.1 Å². The van der Waals surface area contributed by atoms with Crippen LogP contribution in [0.3, 0.4) is 0 Å². The molecule has 1 aliphatic rings. The van der Waals surface area contributed by atoms with Crippen molar-refractivity contribution in [1.29, 1.82) is 0 Å². The quantitative estimate of drug-likeness (QED) is 0.876. The molecule has 2 rings (SSSR count). The summed E-state index contributed by atoms with van der Waals surface area (Å²) >= 11 is 0. The Balaban J connectivity index is 0.00000220. The van der Waals surface area contributed by atoms with Gasteiger partial charge in [-0.05, 0) is 43.6 Å². The Morgan fingerprint density at radius 2 is 1.86 bits per heavy atom. The van der Waals surface area contributed by atoms with Crippen molar-refractivity contribution in [3.05, 3.63) is 35.9 Å². The zero-order valence-corrected chi connectivity index (χ0v) is 13.6. The number of amides is 1. The molecule has 0 radical (unpaired) electrons. The Labute approximate surface area is 134 Å². The molecule has 3 nitrogen and oxygen atoms in total. The van der Waals surface area contributed by atoms with Crippen molar-refractivity contribution >= 4 is 18.3 Å². The van der Waals surface area contributed by atoms with Gasteiger partial charge in [0.1, 0.15) is 0 Å². The molecule has 0 bridgehead atoms. The monoisotopic (exact) mass is 310 g/mol. The molecule has 0 spiro atoms. The average Bonchev–Trinajstić information content (AvgIpc) is 2.49. The van der Waals surface area contributed by atoms with Gasteiger partial charge in [0.15, 0.2) is 0 Å². The lowest BCUT2D eigenvalue weighted by Crippen LogP contribution is -2.46. The van der Waals surface area contributed by atoms with E-state index < -0.39 is 0 Å². The van der Waals surface area contributed by atoms with Crippen LogP contribution in [-0.4, -0.2) is 18.0 Å². The fraction of sp³-hybridized carbons (Fsp3) is 0.588. The maximum Gasteiger partial charge on any atom is 0.237 e. The van der Waals surface area contributed by atoms with Gasteiger partial charge in [0.25, 0.3) is 0 Å². The summed E-state index contributed by atoms with van der Waals surface area (Å²) in [4.78, 5) is 11.9. The summed E-state index contributed by atoms with van der Waals surface area (Å²) in [5.41, 5.74) is 7.28. The number of hydrogen-bond acceptors (Lipinski definition) is 2. The van der Waals surface area contributed by atoms with Gasteiger partial charge in [-0.25, -0.2) is 0 Å². The molecule has 1 aromatic carbocycles. The number of carbonyl (C=O) groups is 1. The number of hydrogen-bond donors (Lipinski definition) is 2. The molecule has 1 atom stereocenters. The Morgan fingerprint density at radius 1 is 1.24 bits per heavy atom. The van der Waals surface area contributed by atoms with E-state index in [0.29, 0.717) is 12.0 Å². The highest BCUT2D eigenvalue weighted by Crippen LogP contribution is 2.32. The lowest BCUT2D eigenvalue weighted by molar-refractivity contribution is -0.123. The van der Waals surface area contributed by atoms with Crippen LogP contribution in [0.15, 0.2) is 30.3 Å². The van der Waals surface area contributed by atoms with E-state index in [1.165, 1.54) is 5.56 Å².